The number of morpholine rings is 1. The first-order valence-corrected chi connectivity index (χ1v) is 9.48. The van der Waals surface area contributed by atoms with Gasteiger partial charge in [-0.1, -0.05) is 30.3 Å². The zero-order valence-corrected chi connectivity index (χ0v) is 15.8. The zero-order valence-electron chi connectivity index (χ0n) is 15.8. The fourth-order valence-electron chi connectivity index (χ4n) is 3.31. The number of ether oxygens (including phenoxy) is 1. The topological polar surface area (TPSA) is 91.5 Å². The van der Waals surface area contributed by atoms with E-state index in [-0.39, 0.29) is 18.0 Å². The number of aromatic nitrogens is 1. The van der Waals surface area contributed by atoms with E-state index in [1.165, 1.54) is 0 Å². The van der Waals surface area contributed by atoms with Crippen molar-refractivity contribution in [3.05, 3.63) is 81.6 Å². The van der Waals surface area contributed by atoms with Crippen LogP contribution in [0.1, 0.15) is 26.3 Å². The van der Waals surface area contributed by atoms with Crippen molar-refractivity contribution in [3.63, 3.8) is 0 Å². The van der Waals surface area contributed by atoms with Crippen molar-refractivity contribution in [2.75, 3.05) is 26.3 Å². The molecule has 0 atom stereocenters. The van der Waals surface area contributed by atoms with E-state index in [9.17, 15) is 14.4 Å². The molecular weight excluding hydrogens is 370 g/mol. The molecule has 0 spiro atoms. The summed E-state index contributed by atoms with van der Waals surface area (Å²) in [6, 6.07) is 16.0. The summed E-state index contributed by atoms with van der Waals surface area (Å²) < 4.78 is 5.27. The standard InChI is InChI=1S/C22H21N3O4/c26-20(18-13-17-3-1-2-4-19(17)24-21(18)27)23-14-15-5-7-16(8-6-15)22(28)25-9-11-29-12-10-25/h1-8,13H,9-12,14H2,(H,23,26)(H,24,27). The van der Waals surface area contributed by atoms with E-state index < -0.39 is 11.5 Å². The number of amides is 2. The minimum absolute atomic E-state index is 0.0217. The Morgan fingerprint density at radius 2 is 1.76 bits per heavy atom. The Balaban J connectivity index is 1.41. The summed E-state index contributed by atoms with van der Waals surface area (Å²) in [5.41, 5.74) is 1.78. The maximum Gasteiger partial charge on any atom is 0.261 e. The Labute approximate surface area is 167 Å². The number of hydrogen-bond donors (Lipinski definition) is 2. The van der Waals surface area contributed by atoms with Gasteiger partial charge in [-0.15, -0.1) is 0 Å². The molecule has 1 saturated heterocycles. The van der Waals surface area contributed by atoms with Gasteiger partial charge in [0.25, 0.3) is 17.4 Å². The first kappa shape index (κ1) is 18.9. The van der Waals surface area contributed by atoms with Gasteiger partial charge in [0.15, 0.2) is 0 Å². The minimum atomic E-state index is -0.439. The van der Waals surface area contributed by atoms with Gasteiger partial charge in [-0.25, -0.2) is 0 Å². The van der Waals surface area contributed by atoms with Gasteiger partial charge < -0.3 is 19.9 Å². The maximum atomic E-state index is 12.5. The number of para-hydroxylation sites is 1. The Bertz CT molecular complexity index is 1100. The van der Waals surface area contributed by atoms with E-state index in [1.54, 1.807) is 41.3 Å². The smallest absolute Gasteiger partial charge is 0.261 e. The molecule has 1 aliphatic rings. The molecule has 0 aliphatic carbocycles. The Morgan fingerprint density at radius 3 is 2.52 bits per heavy atom. The molecule has 7 heteroatoms. The van der Waals surface area contributed by atoms with Gasteiger partial charge in [-0.05, 0) is 35.2 Å². The van der Waals surface area contributed by atoms with E-state index in [0.717, 1.165) is 10.9 Å². The molecule has 0 unspecified atom stereocenters. The molecule has 4 rings (SSSR count). The second kappa shape index (κ2) is 8.28. The largest absolute Gasteiger partial charge is 0.378 e. The number of hydrogen-bond acceptors (Lipinski definition) is 4. The Hall–Kier alpha value is -3.45. The molecule has 2 N–H and O–H groups in total. The summed E-state index contributed by atoms with van der Waals surface area (Å²) in [7, 11) is 0. The molecule has 1 fully saturated rings. The molecule has 0 bridgehead atoms. The van der Waals surface area contributed by atoms with Gasteiger partial charge in [0, 0.05) is 30.7 Å². The highest BCUT2D eigenvalue weighted by molar-refractivity contribution is 5.97. The molecule has 2 heterocycles. The lowest BCUT2D eigenvalue weighted by Gasteiger charge is -2.26. The molecule has 3 aromatic rings. The second-order valence-corrected chi connectivity index (χ2v) is 6.88. The van der Waals surface area contributed by atoms with E-state index in [4.69, 9.17) is 4.74 Å². The number of carbonyl (C=O) groups excluding carboxylic acids is 2. The minimum Gasteiger partial charge on any atom is -0.378 e. The van der Waals surface area contributed by atoms with Crippen molar-refractivity contribution in [1.29, 1.82) is 0 Å². The summed E-state index contributed by atoms with van der Waals surface area (Å²) in [6.45, 7) is 2.57. The predicted octanol–water partition coefficient (Wildman–Crippen LogP) is 1.93. The van der Waals surface area contributed by atoms with Crippen LogP contribution in [0.5, 0.6) is 0 Å². The zero-order chi connectivity index (χ0) is 20.2. The number of benzene rings is 2. The average Bonchev–Trinajstić information content (AvgIpc) is 2.77. The van der Waals surface area contributed by atoms with Gasteiger partial charge in [0.05, 0.1) is 13.2 Å². The maximum absolute atomic E-state index is 12.5. The number of carbonyl (C=O) groups is 2. The van der Waals surface area contributed by atoms with Crippen LogP contribution in [-0.2, 0) is 11.3 Å². The third-order valence-electron chi connectivity index (χ3n) is 4.95. The van der Waals surface area contributed by atoms with E-state index in [0.29, 0.717) is 37.4 Å². The summed E-state index contributed by atoms with van der Waals surface area (Å²) in [4.78, 5) is 41.6. The van der Waals surface area contributed by atoms with Crippen LogP contribution in [0.2, 0.25) is 0 Å². The molecule has 148 valence electrons. The van der Waals surface area contributed by atoms with Crippen LogP contribution < -0.4 is 10.9 Å². The second-order valence-electron chi connectivity index (χ2n) is 6.88. The van der Waals surface area contributed by atoms with Crippen molar-refractivity contribution >= 4 is 22.7 Å². The highest BCUT2D eigenvalue weighted by atomic mass is 16.5. The fraction of sp³-hybridized carbons (Fsp3) is 0.227. The normalized spacial score (nSPS) is 14.0. The van der Waals surface area contributed by atoms with Gasteiger partial charge in [-0.3, -0.25) is 14.4 Å². The monoisotopic (exact) mass is 391 g/mol. The number of pyridine rings is 1. The van der Waals surface area contributed by atoms with Crippen LogP contribution in [0.4, 0.5) is 0 Å². The van der Waals surface area contributed by atoms with Crippen LogP contribution in [0.25, 0.3) is 10.9 Å². The molecule has 7 nitrogen and oxygen atoms in total. The molecule has 1 aromatic heterocycles. The van der Waals surface area contributed by atoms with Gasteiger partial charge in [-0.2, -0.15) is 0 Å². The number of aromatic amines is 1. The summed E-state index contributed by atoms with van der Waals surface area (Å²) in [6.07, 6.45) is 0. The van der Waals surface area contributed by atoms with Crippen molar-refractivity contribution in [2.24, 2.45) is 0 Å². The Kier molecular flexibility index (Phi) is 5.39. The Morgan fingerprint density at radius 1 is 1.03 bits per heavy atom. The van der Waals surface area contributed by atoms with Crippen molar-refractivity contribution in [3.8, 4) is 0 Å². The highest BCUT2D eigenvalue weighted by Gasteiger charge is 2.18. The third-order valence-corrected chi connectivity index (χ3v) is 4.95. The number of rotatable bonds is 4. The van der Waals surface area contributed by atoms with Crippen molar-refractivity contribution in [1.82, 2.24) is 15.2 Å². The van der Waals surface area contributed by atoms with Gasteiger partial charge in [0.1, 0.15) is 5.56 Å². The van der Waals surface area contributed by atoms with Crippen LogP contribution in [0, 0.1) is 0 Å². The molecule has 29 heavy (non-hydrogen) atoms. The molecule has 0 radical (unpaired) electrons. The summed E-state index contributed by atoms with van der Waals surface area (Å²) in [5, 5.41) is 3.56. The van der Waals surface area contributed by atoms with Gasteiger partial charge >= 0.3 is 0 Å². The van der Waals surface area contributed by atoms with E-state index >= 15 is 0 Å². The van der Waals surface area contributed by atoms with Crippen LogP contribution in [-0.4, -0.2) is 48.0 Å². The fourth-order valence-corrected chi connectivity index (χ4v) is 3.31. The molecule has 0 saturated carbocycles. The highest BCUT2D eigenvalue weighted by Crippen LogP contribution is 2.11. The molecule has 1 aliphatic heterocycles. The third kappa shape index (κ3) is 4.20. The number of nitrogens with zero attached hydrogens (tertiary/aromatic N) is 1. The first-order valence-electron chi connectivity index (χ1n) is 9.48. The van der Waals surface area contributed by atoms with Crippen LogP contribution in [0.15, 0.2) is 59.4 Å². The lowest BCUT2D eigenvalue weighted by atomic mass is 10.1. The van der Waals surface area contributed by atoms with Gasteiger partial charge in [0.2, 0.25) is 0 Å². The quantitative estimate of drug-likeness (QED) is 0.711. The lowest BCUT2D eigenvalue weighted by molar-refractivity contribution is 0.0303. The SMILES string of the molecule is O=C(NCc1ccc(C(=O)N2CCOCC2)cc1)c1cc2ccccc2[nH]c1=O. The first-order chi connectivity index (χ1) is 14.1. The summed E-state index contributed by atoms with van der Waals surface area (Å²) in [5.74, 6) is -0.461. The van der Waals surface area contributed by atoms with Crippen LogP contribution >= 0.6 is 0 Å². The van der Waals surface area contributed by atoms with Crippen LogP contribution in [0.3, 0.4) is 0 Å². The van der Waals surface area contributed by atoms with Crippen molar-refractivity contribution in [2.45, 2.75) is 6.54 Å². The number of fused-ring (bicyclic) bond motifs is 1. The lowest BCUT2D eigenvalue weighted by Crippen LogP contribution is -2.40. The average molecular weight is 391 g/mol. The summed E-state index contributed by atoms with van der Waals surface area (Å²) >= 11 is 0. The van der Waals surface area contributed by atoms with E-state index in [2.05, 4.69) is 10.3 Å². The molecule has 2 amide bonds. The van der Waals surface area contributed by atoms with Crippen molar-refractivity contribution < 1.29 is 14.3 Å². The number of H-pyrrole nitrogens is 1. The predicted molar refractivity (Wildman–Crippen MR) is 109 cm³/mol. The number of nitrogens with one attached hydrogen (secondary N) is 2. The van der Waals surface area contributed by atoms with E-state index in [1.807, 2.05) is 18.2 Å². The molecular formula is C22H21N3O4. The molecule has 2 aromatic carbocycles.